The number of rotatable bonds is 4. The number of nitrogens with zero attached hydrogens (tertiary/aromatic N) is 3. The first-order valence-corrected chi connectivity index (χ1v) is 6.45. The van der Waals surface area contributed by atoms with Crippen LogP contribution in [0.15, 0.2) is 18.2 Å². The molecule has 20 heavy (non-hydrogen) atoms. The van der Waals surface area contributed by atoms with Crippen LogP contribution in [-0.2, 0) is 13.6 Å². The number of aryl methyl sites for hydroxylation is 2. The molecule has 0 radical (unpaired) electrons. The third-order valence-corrected chi connectivity index (χ3v) is 3.58. The predicted octanol–water partition coefficient (Wildman–Crippen LogP) is 3.21. The highest BCUT2D eigenvalue weighted by Crippen LogP contribution is 2.27. The minimum absolute atomic E-state index is 0.0917. The first-order valence-electron chi connectivity index (χ1n) is 6.07. The van der Waals surface area contributed by atoms with Crippen molar-refractivity contribution in [3.8, 4) is 0 Å². The lowest BCUT2D eigenvalue weighted by Crippen LogP contribution is -2.02. The monoisotopic (exact) mass is 294 g/mol. The summed E-state index contributed by atoms with van der Waals surface area (Å²) in [5, 5.41) is 18.4. The first-order chi connectivity index (χ1) is 9.40. The van der Waals surface area contributed by atoms with Gasteiger partial charge in [-0.1, -0.05) is 11.6 Å². The normalized spacial score (nSPS) is 10.6. The number of nitrogens with one attached hydrogen (secondary N) is 1. The van der Waals surface area contributed by atoms with Crippen molar-refractivity contribution in [3.05, 3.63) is 50.3 Å². The zero-order valence-electron chi connectivity index (χ0n) is 11.5. The molecule has 7 heteroatoms. The van der Waals surface area contributed by atoms with Gasteiger partial charge in [-0.25, -0.2) is 0 Å². The van der Waals surface area contributed by atoms with Crippen molar-refractivity contribution in [2.75, 3.05) is 5.32 Å². The Labute approximate surface area is 121 Å². The van der Waals surface area contributed by atoms with Crippen LogP contribution in [0, 0.1) is 24.0 Å². The molecule has 0 aliphatic heterocycles. The van der Waals surface area contributed by atoms with Crippen LogP contribution in [0.1, 0.15) is 17.0 Å². The third-order valence-electron chi connectivity index (χ3n) is 3.27. The topological polar surface area (TPSA) is 73.0 Å². The van der Waals surface area contributed by atoms with E-state index < -0.39 is 4.92 Å². The highest BCUT2D eigenvalue weighted by Gasteiger charge is 2.13. The molecule has 6 nitrogen and oxygen atoms in total. The summed E-state index contributed by atoms with van der Waals surface area (Å²) >= 11 is 5.87. The SMILES string of the molecule is Cc1nn(C)c(C)c1CNc1ccc([N+](=O)[O-])c(Cl)c1. The van der Waals surface area contributed by atoms with E-state index in [0.717, 1.165) is 22.6 Å². The van der Waals surface area contributed by atoms with Crippen LogP contribution in [0.5, 0.6) is 0 Å². The summed E-state index contributed by atoms with van der Waals surface area (Å²) in [4.78, 5) is 10.2. The van der Waals surface area contributed by atoms with Crippen LogP contribution < -0.4 is 5.32 Å². The van der Waals surface area contributed by atoms with E-state index in [1.807, 2.05) is 25.6 Å². The van der Waals surface area contributed by atoms with Crippen molar-refractivity contribution < 1.29 is 4.92 Å². The van der Waals surface area contributed by atoms with E-state index >= 15 is 0 Å². The van der Waals surface area contributed by atoms with Crippen LogP contribution in [0.25, 0.3) is 0 Å². The Morgan fingerprint density at radius 3 is 2.65 bits per heavy atom. The molecule has 0 aliphatic carbocycles. The standard InChI is InChI=1S/C13H15ClN4O2/c1-8-11(9(2)17(3)16-8)7-15-10-4-5-13(18(19)20)12(14)6-10/h4-6,15H,7H2,1-3H3. The summed E-state index contributed by atoms with van der Waals surface area (Å²) in [6.07, 6.45) is 0. The highest BCUT2D eigenvalue weighted by atomic mass is 35.5. The number of anilines is 1. The van der Waals surface area contributed by atoms with Crippen LogP contribution in [0.4, 0.5) is 11.4 Å². The van der Waals surface area contributed by atoms with Gasteiger partial charge in [-0.15, -0.1) is 0 Å². The smallest absolute Gasteiger partial charge is 0.288 e. The van der Waals surface area contributed by atoms with Gasteiger partial charge in [0.25, 0.3) is 5.69 Å². The Morgan fingerprint density at radius 1 is 1.45 bits per heavy atom. The molecule has 1 aromatic carbocycles. The van der Waals surface area contributed by atoms with Crippen molar-refractivity contribution in [1.82, 2.24) is 9.78 Å². The summed E-state index contributed by atoms with van der Waals surface area (Å²) in [6.45, 7) is 4.55. The Kier molecular flexibility index (Phi) is 3.94. The Hall–Kier alpha value is -2.08. The lowest BCUT2D eigenvalue weighted by molar-refractivity contribution is -0.384. The van der Waals surface area contributed by atoms with E-state index in [-0.39, 0.29) is 10.7 Å². The number of hydrogen-bond donors (Lipinski definition) is 1. The van der Waals surface area contributed by atoms with Crippen molar-refractivity contribution >= 4 is 23.0 Å². The number of nitro groups is 1. The van der Waals surface area contributed by atoms with Crippen molar-refractivity contribution in [1.29, 1.82) is 0 Å². The molecule has 0 aliphatic rings. The number of aromatic nitrogens is 2. The lowest BCUT2D eigenvalue weighted by Gasteiger charge is -2.07. The molecule has 0 bridgehead atoms. The molecule has 1 N–H and O–H groups in total. The fourth-order valence-corrected chi connectivity index (χ4v) is 2.28. The van der Waals surface area contributed by atoms with Gasteiger partial charge < -0.3 is 5.32 Å². The van der Waals surface area contributed by atoms with Gasteiger partial charge in [-0.05, 0) is 26.0 Å². The molecule has 2 rings (SSSR count). The van der Waals surface area contributed by atoms with Gasteiger partial charge >= 0.3 is 0 Å². The van der Waals surface area contributed by atoms with Crippen molar-refractivity contribution in [2.24, 2.45) is 7.05 Å². The molecule has 1 heterocycles. The molecule has 0 fully saturated rings. The van der Waals surface area contributed by atoms with Crippen molar-refractivity contribution in [3.63, 3.8) is 0 Å². The van der Waals surface area contributed by atoms with Gasteiger partial charge in [0.15, 0.2) is 0 Å². The van der Waals surface area contributed by atoms with Crippen molar-refractivity contribution in [2.45, 2.75) is 20.4 Å². The van der Waals surface area contributed by atoms with E-state index in [2.05, 4.69) is 10.4 Å². The Morgan fingerprint density at radius 2 is 2.15 bits per heavy atom. The Balaban J connectivity index is 2.15. The summed E-state index contributed by atoms with van der Waals surface area (Å²) in [5.74, 6) is 0. The summed E-state index contributed by atoms with van der Waals surface area (Å²) in [7, 11) is 1.90. The molecule has 2 aromatic rings. The summed E-state index contributed by atoms with van der Waals surface area (Å²) in [6, 6.07) is 4.60. The molecule has 0 amide bonds. The molecular weight excluding hydrogens is 280 g/mol. The lowest BCUT2D eigenvalue weighted by atomic mass is 10.2. The fraction of sp³-hybridized carbons (Fsp3) is 0.308. The van der Waals surface area contributed by atoms with Crippen LogP contribution in [0.3, 0.4) is 0 Å². The average Bonchev–Trinajstić information content (AvgIpc) is 2.61. The maximum absolute atomic E-state index is 10.7. The molecule has 106 valence electrons. The number of hydrogen-bond acceptors (Lipinski definition) is 4. The van der Waals surface area contributed by atoms with E-state index in [9.17, 15) is 10.1 Å². The Bertz CT molecular complexity index is 667. The van der Waals surface area contributed by atoms with Gasteiger partial charge in [0.05, 0.1) is 10.6 Å². The van der Waals surface area contributed by atoms with E-state index in [1.165, 1.54) is 6.07 Å². The van der Waals surface area contributed by atoms with E-state index in [1.54, 1.807) is 12.1 Å². The molecule has 1 aromatic heterocycles. The van der Waals surface area contributed by atoms with Crippen LogP contribution in [0.2, 0.25) is 5.02 Å². The number of benzene rings is 1. The molecule has 0 saturated heterocycles. The minimum Gasteiger partial charge on any atom is -0.381 e. The summed E-state index contributed by atoms with van der Waals surface area (Å²) in [5.41, 5.74) is 3.81. The van der Waals surface area contributed by atoms with Gasteiger partial charge in [-0.3, -0.25) is 14.8 Å². The van der Waals surface area contributed by atoms with Gasteiger partial charge in [0, 0.05) is 36.6 Å². The zero-order valence-corrected chi connectivity index (χ0v) is 12.2. The molecule has 0 saturated carbocycles. The van der Waals surface area contributed by atoms with Crippen LogP contribution >= 0.6 is 11.6 Å². The molecule has 0 atom stereocenters. The van der Waals surface area contributed by atoms with Gasteiger partial charge in [-0.2, -0.15) is 5.10 Å². The minimum atomic E-state index is -0.498. The highest BCUT2D eigenvalue weighted by molar-refractivity contribution is 6.32. The quantitative estimate of drug-likeness (QED) is 0.694. The summed E-state index contributed by atoms with van der Waals surface area (Å²) < 4.78 is 1.83. The maximum Gasteiger partial charge on any atom is 0.288 e. The second-order valence-corrected chi connectivity index (χ2v) is 4.96. The fourth-order valence-electron chi connectivity index (χ4n) is 2.03. The average molecular weight is 295 g/mol. The van der Waals surface area contributed by atoms with Gasteiger partial charge in [0.2, 0.25) is 0 Å². The van der Waals surface area contributed by atoms with Gasteiger partial charge in [0.1, 0.15) is 5.02 Å². The first kappa shape index (κ1) is 14.3. The van der Waals surface area contributed by atoms with E-state index in [0.29, 0.717) is 6.54 Å². The molecular formula is C13H15ClN4O2. The number of nitro benzene ring substituents is 1. The zero-order chi connectivity index (χ0) is 14.9. The predicted molar refractivity (Wildman–Crippen MR) is 78.1 cm³/mol. The maximum atomic E-state index is 10.7. The third kappa shape index (κ3) is 2.75. The second kappa shape index (κ2) is 5.50. The second-order valence-electron chi connectivity index (χ2n) is 4.55. The molecule has 0 spiro atoms. The van der Waals surface area contributed by atoms with Crippen LogP contribution in [-0.4, -0.2) is 14.7 Å². The molecule has 0 unspecified atom stereocenters. The van der Waals surface area contributed by atoms with E-state index in [4.69, 9.17) is 11.6 Å². The number of halogens is 1. The largest absolute Gasteiger partial charge is 0.381 e.